The quantitative estimate of drug-likeness (QED) is 0.786. The van der Waals surface area contributed by atoms with E-state index in [4.69, 9.17) is 23.2 Å². The Labute approximate surface area is 151 Å². The minimum Gasteiger partial charge on any atom is -0.323 e. The number of hydrogen-bond donors (Lipinski definition) is 1. The smallest absolute Gasteiger partial charge is 0.244 e. The fourth-order valence-corrected chi connectivity index (χ4v) is 2.37. The molecule has 4 nitrogen and oxygen atoms in total. The first-order chi connectivity index (χ1) is 11.7. The molecule has 0 saturated carbocycles. The minimum absolute atomic E-state index is 0.0888. The molecule has 2 rings (SSSR count). The first kappa shape index (κ1) is 19.1. The van der Waals surface area contributed by atoms with E-state index < -0.39 is 41.5 Å². The number of halogens is 5. The van der Waals surface area contributed by atoms with Crippen molar-refractivity contribution in [3.63, 3.8) is 0 Å². The summed E-state index contributed by atoms with van der Waals surface area (Å²) in [4.78, 5) is 24.5. The number of carbonyl (C=O) groups excluding carboxylic acids is 2. The molecule has 0 heterocycles. The number of anilines is 2. The third-order valence-electron chi connectivity index (χ3n) is 3.21. The highest BCUT2D eigenvalue weighted by Gasteiger charge is 2.23. The van der Waals surface area contributed by atoms with Crippen molar-refractivity contribution in [2.75, 3.05) is 16.8 Å². The van der Waals surface area contributed by atoms with Gasteiger partial charge in [0.1, 0.15) is 6.54 Å². The molecule has 0 radical (unpaired) electrons. The molecule has 0 aromatic heterocycles. The number of nitrogens with zero attached hydrogens (tertiary/aromatic N) is 1. The second-order valence-corrected chi connectivity index (χ2v) is 5.73. The molecular weight excluding hydrogens is 380 g/mol. The first-order valence-electron chi connectivity index (χ1n) is 6.87. The van der Waals surface area contributed by atoms with Crippen LogP contribution in [0, 0.1) is 17.5 Å². The van der Waals surface area contributed by atoms with Crippen molar-refractivity contribution < 1.29 is 22.8 Å². The molecule has 0 aliphatic heterocycles. The lowest BCUT2D eigenvalue weighted by atomic mass is 10.2. The molecule has 2 aromatic rings. The molecule has 1 N–H and O–H groups in total. The van der Waals surface area contributed by atoms with E-state index in [2.05, 4.69) is 5.32 Å². The lowest BCUT2D eigenvalue weighted by Crippen LogP contribution is -2.37. The molecule has 0 fully saturated rings. The highest BCUT2D eigenvalue weighted by molar-refractivity contribution is 6.44. The molecule has 2 amide bonds. The van der Waals surface area contributed by atoms with Crippen LogP contribution in [-0.4, -0.2) is 18.4 Å². The van der Waals surface area contributed by atoms with Gasteiger partial charge in [0.2, 0.25) is 11.8 Å². The molecule has 25 heavy (non-hydrogen) atoms. The maximum Gasteiger partial charge on any atom is 0.244 e. The van der Waals surface area contributed by atoms with Gasteiger partial charge < -0.3 is 10.2 Å². The molecule has 2 aromatic carbocycles. The van der Waals surface area contributed by atoms with Gasteiger partial charge in [-0.1, -0.05) is 29.3 Å². The SMILES string of the molecule is CC(=O)N(CC(=O)Nc1cccc(Cl)c1Cl)c1ccc(F)c(F)c1F. The van der Waals surface area contributed by atoms with Crippen molar-refractivity contribution in [2.24, 2.45) is 0 Å². The summed E-state index contributed by atoms with van der Waals surface area (Å²) >= 11 is 11.8. The van der Waals surface area contributed by atoms with Crippen LogP contribution in [0.25, 0.3) is 0 Å². The number of benzene rings is 2. The van der Waals surface area contributed by atoms with Crippen molar-refractivity contribution >= 4 is 46.4 Å². The third kappa shape index (κ3) is 4.24. The Bertz CT molecular complexity index is 846. The van der Waals surface area contributed by atoms with E-state index in [1.807, 2.05) is 0 Å². The van der Waals surface area contributed by atoms with Gasteiger partial charge in [0.25, 0.3) is 0 Å². The van der Waals surface area contributed by atoms with Crippen molar-refractivity contribution in [2.45, 2.75) is 6.92 Å². The van der Waals surface area contributed by atoms with Crippen molar-refractivity contribution in [1.29, 1.82) is 0 Å². The van der Waals surface area contributed by atoms with E-state index in [0.717, 1.165) is 13.0 Å². The van der Waals surface area contributed by atoms with E-state index in [9.17, 15) is 22.8 Å². The van der Waals surface area contributed by atoms with E-state index in [1.54, 1.807) is 6.07 Å². The van der Waals surface area contributed by atoms with Crippen LogP contribution in [0.2, 0.25) is 10.0 Å². The van der Waals surface area contributed by atoms with Crippen LogP contribution in [0.1, 0.15) is 6.92 Å². The number of nitrogens with one attached hydrogen (secondary N) is 1. The number of carbonyl (C=O) groups is 2. The third-order valence-corrected chi connectivity index (χ3v) is 4.03. The highest BCUT2D eigenvalue weighted by Crippen LogP contribution is 2.29. The van der Waals surface area contributed by atoms with Crippen LogP contribution >= 0.6 is 23.2 Å². The Morgan fingerprint density at radius 2 is 1.76 bits per heavy atom. The van der Waals surface area contributed by atoms with E-state index in [-0.39, 0.29) is 15.7 Å². The average molecular weight is 391 g/mol. The summed E-state index contributed by atoms with van der Waals surface area (Å²) in [6, 6.07) is 6.06. The predicted octanol–water partition coefficient (Wildman–Crippen LogP) is 4.40. The first-order valence-corrected chi connectivity index (χ1v) is 7.63. The zero-order valence-electron chi connectivity index (χ0n) is 12.7. The van der Waals surface area contributed by atoms with Crippen LogP contribution in [0.3, 0.4) is 0 Å². The van der Waals surface area contributed by atoms with Crippen molar-refractivity contribution in [3.05, 3.63) is 57.8 Å². The molecule has 0 saturated heterocycles. The zero-order valence-corrected chi connectivity index (χ0v) is 14.3. The van der Waals surface area contributed by atoms with Gasteiger partial charge in [-0.25, -0.2) is 13.2 Å². The van der Waals surface area contributed by atoms with Crippen molar-refractivity contribution in [1.82, 2.24) is 0 Å². The molecule has 0 bridgehead atoms. The fraction of sp³-hybridized carbons (Fsp3) is 0.125. The minimum atomic E-state index is -1.73. The Balaban J connectivity index is 2.25. The van der Waals surface area contributed by atoms with Gasteiger partial charge in [-0.05, 0) is 24.3 Å². The Hall–Kier alpha value is -2.25. The average Bonchev–Trinajstić information content (AvgIpc) is 2.55. The molecule has 0 atom stereocenters. The van der Waals surface area contributed by atoms with Crippen LogP contribution in [0.15, 0.2) is 30.3 Å². The number of amides is 2. The summed E-state index contributed by atoms with van der Waals surface area (Å²) in [5, 5.41) is 2.70. The molecule has 0 unspecified atom stereocenters. The topological polar surface area (TPSA) is 49.4 Å². The van der Waals surface area contributed by atoms with Crippen LogP contribution < -0.4 is 10.2 Å². The van der Waals surface area contributed by atoms with E-state index in [0.29, 0.717) is 11.0 Å². The number of hydrogen-bond acceptors (Lipinski definition) is 2. The molecular formula is C16H11Cl2F3N2O2. The summed E-state index contributed by atoms with van der Waals surface area (Å²) in [5.41, 5.74) is -0.368. The number of rotatable bonds is 4. The van der Waals surface area contributed by atoms with Gasteiger partial charge in [0, 0.05) is 6.92 Å². The van der Waals surface area contributed by atoms with E-state index >= 15 is 0 Å². The summed E-state index contributed by atoms with van der Waals surface area (Å²) < 4.78 is 40.3. The van der Waals surface area contributed by atoms with Gasteiger partial charge >= 0.3 is 0 Å². The van der Waals surface area contributed by atoms with Gasteiger partial charge in [-0.3, -0.25) is 9.59 Å². The van der Waals surface area contributed by atoms with Gasteiger partial charge in [-0.15, -0.1) is 0 Å². The Morgan fingerprint density at radius 3 is 2.40 bits per heavy atom. The van der Waals surface area contributed by atoms with Gasteiger partial charge in [-0.2, -0.15) is 0 Å². The zero-order chi connectivity index (χ0) is 18.7. The van der Waals surface area contributed by atoms with Crippen LogP contribution in [0.4, 0.5) is 24.5 Å². The highest BCUT2D eigenvalue weighted by atomic mass is 35.5. The monoisotopic (exact) mass is 390 g/mol. The fourth-order valence-electron chi connectivity index (χ4n) is 2.02. The van der Waals surface area contributed by atoms with Crippen LogP contribution in [-0.2, 0) is 9.59 Å². The summed E-state index contributed by atoms with van der Waals surface area (Å²) in [7, 11) is 0. The normalized spacial score (nSPS) is 10.5. The largest absolute Gasteiger partial charge is 0.323 e. The molecule has 132 valence electrons. The standard InChI is InChI=1S/C16H11Cl2F3N2O2/c1-8(24)23(12-6-5-10(19)15(20)16(12)21)7-13(25)22-11-4-2-3-9(17)14(11)18/h2-6H,7H2,1H3,(H,22,25). The van der Waals surface area contributed by atoms with E-state index in [1.165, 1.54) is 12.1 Å². The van der Waals surface area contributed by atoms with Gasteiger partial charge in [0.05, 0.1) is 21.4 Å². The molecule has 9 heteroatoms. The Morgan fingerprint density at radius 1 is 1.08 bits per heavy atom. The lowest BCUT2D eigenvalue weighted by molar-refractivity contribution is -0.120. The summed E-state index contributed by atoms with van der Waals surface area (Å²) in [5.74, 6) is -6.17. The maximum atomic E-state index is 13.9. The summed E-state index contributed by atoms with van der Waals surface area (Å²) in [6.45, 7) is 0.417. The predicted molar refractivity (Wildman–Crippen MR) is 89.4 cm³/mol. The van der Waals surface area contributed by atoms with Gasteiger partial charge in [0.15, 0.2) is 17.5 Å². The molecule has 0 aliphatic carbocycles. The lowest BCUT2D eigenvalue weighted by Gasteiger charge is -2.21. The molecule has 0 spiro atoms. The van der Waals surface area contributed by atoms with Crippen LogP contribution in [0.5, 0.6) is 0 Å². The summed E-state index contributed by atoms with van der Waals surface area (Å²) in [6.07, 6.45) is 0. The maximum absolute atomic E-state index is 13.9. The Kier molecular flexibility index (Phi) is 5.92. The molecule has 0 aliphatic rings. The second kappa shape index (κ2) is 7.76. The second-order valence-electron chi connectivity index (χ2n) is 4.95. The van der Waals surface area contributed by atoms with Crippen molar-refractivity contribution in [3.8, 4) is 0 Å².